The smallest absolute Gasteiger partial charge is 0.363 e. The van der Waals surface area contributed by atoms with Crippen molar-refractivity contribution < 1.29 is 23.8 Å². The van der Waals surface area contributed by atoms with Gasteiger partial charge in [0.1, 0.15) is 0 Å². The van der Waals surface area contributed by atoms with E-state index in [-0.39, 0.29) is 11.6 Å². The van der Waals surface area contributed by atoms with Crippen molar-refractivity contribution in [2.45, 2.75) is 20.8 Å². The molecule has 0 fully saturated rings. The predicted octanol–water partition coefficient (Wildman–Crippen LogP) is 5.27. The Kier molecular flexibility index (Phi) is 6.36. The number of nitrogens with zero attached hydrogens (tertiary/aromatic N) is 1. The Morgan fingerprint density at radius 1 is 0.939 bits per heavy atom. The van der Waals surface area contributed by atoms with Crippen molar-refractivity contribution in [1.82, 2.24) is 0 Å². The summed E-state index contributed by atoms with van der Waals surface area (Å²) >= 11 is 0. The zero-order chi connectivity index (χ0) is 23.4. The summed E-state index contributed by atoms with van der Waals surface area (Å²) in [5, 5.41) is 0. The molecule has 4 rings (SSSR count). The highest BCUT2D eigenvalue weighted by atomic mass is 16.6. The Bertz CT molecular complexity index is 1250. The van der Waals surface area contributed by atoms with Gasteiger partial charge in [0.2, 0.25) is 5.90 Å². The molecule has 1 heterocycles. The fourth-order valence-corrected chi connectivity index (χ4v) is 3.20. The van der Waals surface area contributed by atoms with Crippen LogP contribution in [-0.4, -0.2) is 24.4 Å². The number of esters is 2. The highest BCUT2D eigenvalue weighted by molar-refractivity contribution is 6.12. The van der Waals surface area contributed by atoms with Gasteiger partial charge in [-0.15, -0.1) is 0 Å². The number of hydrogen-bond donors (Lipinski definition) is 0. The summed E-state index contributed by atoms with van der Waals surface area (Å²) in [6.45, 7) is 6.15. The van der Waals surface area contributed by atoms with E-state index in [4.69, 9.17) is 14.2 Å². The number of rotatable bonds is 6. The minimum absolute atomic E-state index is 0.178. The molecular formula is C27H23NO5. The molecule has 0 spiro atoms. The average Bonchev–Trinajstić information content (AvgIpc) is 3.16. The number of carbonyl (C=O) groups excluding carboxylic acids is 2. The van der Waals surface area contributed by atoms with Crippen LogP contribution in [0.15, 0.2) is 77.4 Å². The Morgan fingerprint density at radius 2 is 1.61 bits per heavy atom. The summed E-state index contributed by atoms with van der Waals surface area (Å²) in [7, 11) is 0. The molecule has 1 aliphatic rings. The highest BCUT2D eigenvalue weighted by Crippen LogP contribution is 2.31. The number of benzene rings is 3. The van der Waals surface area contributed by atoms with E-state index in [1.54, 1.807) is 36.4 Å². The molecule has 3 aromatic carbocycles. The van der Waals surface area contributed by atoms with Gasteiger partial charge >= 0.3 is 11.9 Å². The maximum Gasteiger partial charge on any atom is 0.363 e. The van der Waals surface area contributed by atoms with E-state index < -0.39 is 11.9 Å². The molecule has 0 aromatic heterocycles. The van der Waals surface area contributed by atoms with Gasteiger partial charge in [0.05, 0.1) is 12.2 Å². The van der Waals surface area contributed by atoms with Crippen LogP contribution in [-0.2, 0) is 9.53 Å². The van der Waals surface area contributed by atoms with Crippen molar-refractivity contribution in [3.05, 3.63) is 100 Å². The molecule has 0 N–H and O–H groups in total. The van der Waals surface area contributed by atoms with E-state index in [0.717, 1.165) is 16.7 Å². The van der Waals surface area contributed by atoms with Gasteiger partial charge in [-0.1, -0.05) is 41.5 Å². The number of ether oxygens (including phenoxy) is 3. The Morgan fingerprint density at radius 3 is 2.27 bits per heavy atom. The Labute approximate surface area is 192 Å². The first-order chi connectivity index (χ1) is 15.9. The van der Waals surface area contributed by atoms with Gasteiger partial charge in [0.25, 0.3) is 0 Å². The minimum Gasteiger partial charge on any atom is -0.490 e. The van der Waals surface area contributed by atoms with Crippen LogP contribution >= 0.6 is 0 Å². The first-order valence-electron chi connectivity index (χ1n) is 10.6. The lowest BCUT2D eigenvalue weighted by Crippen LogP contribution is -2.09. The van der Waals surface area contributed by atoms with Gasteiger partial charge in [0.15, 0.2) is 17.2 Å². The second-order valence-electron chi connectivity index (χ2n) is 7.60. The molecule has 0 aliphatic carbocycles. The maximum absolute atomic E-state index is 12.5. The van der Waals surface area contributed by atoms with Crippen molar-refractivity contribution in [3.63, 3.8) is 0 Å². The molecule has 0 saturated carbocycles. The van der Waals surface area contributed by atoms with E-state index in [0.29, 0.717) is 29.2 Å². The van der Waals surface area contributed by atoms with Gasteiger partial charge < -0.3 is 14.2 Å². The largest absolute Gasteiger partial charge is 0.490 e. The molecule has 0 saturated heterocycles. The summed E-state index contributed by atoms with van der Waals surface area (Å²) < 4.78 is 16.5. The molecule has 0 atom stereocenters. The van der Waals surface area contributed by atoms with Crippen molar-refractivity contribution in [3.8, 4) is 11.5 Å². The normalized spacial score (nSPS) is 14.1. The molecule has 3 aromatic rings. The summed E-state index contributed by atoms with van der Waals surface area (Å²) in [4.78, 5) is 29.2. The van der Waals surface area contributed by atoms with E-state index in [9.17, 15) is 9.59 Å². The fraction of sp³-hybridized carbons (Fsp3) is 0.148. The highest BCUT2D eigenvalue weighted by Gasteiger charge is 2.24. The third-order valence-corrected chi connectivity index (χ3v) is 4.98. The molecule has 33 heavy (non-hydrogen) atoms. The van der Waals surface area contributed by atoms with Gasteiger partial charge in [-0.05, 0) is 68.8 Å². The lowest BCUT2D eigenvalue weighted by molar-refractivity contribution is -0.129. The maximum atomic E-state index is 12.5. The van der Waals surface area contributed by atoms with Gasteiger partial charge in [-0.3, -0.25) is 0 Å². The van der Waals surface area contributed by atoms with Crippen LogP contribution in [0.5, 0.6) is 11.5 Å². The predicted molar refractivity (Wildman–Crippen MR) is 126 cm³/mol. The Hall–Kier alpha value is -4.19. The van der Waals surface area contributed by atoms with E-state index in [1.807, 2.05) is 57.2 Å². The molecule has 166 valence electrons. The third-order valence-electron chi connectivity index (χ3n) is 4.98. The van der Waals surface area contributed by atoms with Gasteiger partial charge in [-0.2, -0.15) is 0 Å². The third kappa shape index (κ3) is 5.18. The molecular weight excluding hydrogens is 418 g/mol. The number of hydrogen-bond acceptors (Lipinski definition) is 6. The SMILES string of the molecule is CCOc1cc(/C=C2/N=C(c3ccc(C)cc3)OC2=O)ccc1OC(=O)c1ccc(C)cc1. The number of aryl methyl sites for hydroxylation is 2. The molecule has 6 nitrogen and oxygen atoms in total. The number of aliphatic imine (C=N–C) groups is 1. The average molecular weight is 441 g/mol. The van der Waals surface area contributed by atoms with E-state index in [1.165, 1.54) is 0 Å². The van der Waals surface area contributed by atoms with E-state index in [2.05, 4.69) is 4.99 Å². The molecule has 0 bridgehead atoms. The first kappa shape index (κ1) is 22.0. The van der Waals surface area contributed by atoms with Gasteiger partial charge in [0, 0.05) is 5.56 Å². The van der Waals surface area contributed by atoms with Crippen LogP contribution in [0.3, 0.4) is 0 Å². The summed E-state index contributed by atoms with van der Waals surface area (Å²) in [6.07, 6.45) is 1.61. The van der Waals surface area contributed by atoms with Crippen LogP contribution in [0.4, 0.5) is 0 Å². The molecule has 6 heteroatoms. The van der Waals surface area contributed by atoms with Crippen molar-refractivity contribution in [2.24, 2.45) is 4.99 Å². The lowest BCUT2D eigenvalue weighted by Gasteiger charge is -2.11. The lowest BCUT2D eigenvalue weighted by atomic mass is 10.1. The second-order valence-corrected chi connectivity index (χ2v) is 7.60. The van der Waals surface area contributed by atoms with Crippen LogP contribution < -0.4 is 9.47 Å². The minimum atomic E-state index is -0.529. The number of cyclic esters (lactones) is 1. The van der Waals surface area contributed by atoms with Crippen molar-refractivity contribution in [1.29, 1.82) is 0 Å². The summed E-state index contributed by atoms with van der Waals surface area (Å²) in [5.41, 5.74) is 4.17. The zero-order valence-corrected chi connectivity index (χ0v) is 18.6. The molecule has 0 radical (unpaired) electrons. The standard InChI is InChI=1S/C27H23NO5/c1-4-31-24-16-19(9-14-23(24)32-26(29)21-12-7-18(3)8-13-21)15-22-27(30)33-25(28-22)20-10-5-17(2)6-11-20/h5-16H,4H2,1-3H3/b22-15+. The van der Waals surface area contributed by atoms with Crippen LogP contribution in [0.2, 0.25) is 0 Å². The topological polar surface area (TPSA) is 74.2 Å². The zero-order valence-electron chi connectivity index (χ0n) is 18.6. The summed E-state index contributed by atoms with van der Waals surface area (Å²) in [6, 6.07) is 19.7. The molecule has 1 aliphatic heterocycles. The van der Waals surface area contributed by atoms with Gasteiger partial charge in [-0.25, -0.2) is 14.6 Å². The molecule has 0 amide bonds. The second kappa shape index (κ2) is 9.53. The molecule has 0 unspecified atom stereocenters. The fourth-order valence-electron chi connectivity index (χ4n) is 3.20. The van der Waals surface area contributed by atoms with E-state index >= 15 is 0 Å². The van der Waals surface area contributed by atoms with Crippen LogP contribution in [0.1, 0.15) is 39.5 Å². The monoisotopic (exact) mass is 441 g/mol. The van der Waals surface area contributed by atoms with Crippen LogP contribution in [0.25, 0.3) is 6.08 Å². The number of carbonyl (C=O) groups is 2. The van der Waals surface area contributed by atoms with Crippen molar-refractivity contribution in [2.75, 3.05) is 6.61 Å². The quantitative estimate of drug-likeness (QED) is 0.296. The Balaban J connectivity index is 1.58. The first-order valence-corrected chi connectivity index (χ1v) is 10.6. The van der Waals surface area contributed by atoms with Crippen LogP contribution in [0, 0.1) is 13.8 Å². The van der Waals surface area contributed by atoms with Crippen molar-refractivity contribution >= 4 is 23.9 Å². The summed E-state index contributed by atoms with van der Waals surface area (Å²) in [5.74, 6) is -0.0593.